The molecule has 22 heavy (non-hydrogen) atoms. The maximum absolute atomic E-state index is 12.3. The van der Waals surface area contributed by atoms with Gasteiger partial charge in [0.05, 0.1) is 0 Å². The fourth-order valence-electron chi connectivity index (χ4n) is 2.70. The molecule has 0 unspecified atom stereocenters. The first-order chi connectivity index (χ1) is 10.7. The van der Waals surface area contributed by atoms with Crippen molar-refractivity contribution >= 4 is 5.65 Å². The average Bonchev–Trinajstić information content (AvgIpc) is 3.33. The van der Waals surface area contributed by atoms with E-state index >= 15 is 0 Å². The molecule has 1 aliphatic rings. The number of rotatable bonds is 4. The molecule has 5 nitrogen and oxygen atoms in total. The SMILES string of the molecule is Cn1nc2c(CNC3CC3)cc(-c3ccccc3)cn2c1=O. The van der Waals surface area contributed by atoms with Crippen molar-refractivity contribution in [2.45, 2.75) is 25.4 Å². The van der Waals surface area contributed by atoms with Crippen LogP contribution >= 0.6 is 0 Å². The molecule has 1 aromatic carbocycles. The maximum Gasteiger partial charge on any atom is 0.350 e. The number of hydrogen-bond donors (Lipinski definition) is 1. The van der Waals surface area contributed by atoms with Crippen molar-refractivity contribution in [1.82, 2.24) is 19.5 Å². The van der Waals surface area contributed by atoms with Gasteiger partial charge in [-0.25, -0.2) is 13.9 Å². The van der Waals surface area contributed by atoms with Gasteiger partial charge in [0.2, 0.25) is 0 Å². The van der Waals surface area contributed by atoms with Crippen LogP contribution in [0, 0.1) is 0 Å². The zero-order valence-electron chi connectivity index (χ0n) is 12.5. The molecule has 5 heteroatoms. The van der Waals surface area contributed by atoms with E-state index in [1.807, 2.05) is 24.4 Å². The van der Waals surface area contributed by atoms with Gasteiger partial charge in [-0.05, 0) is 30.0 Å². The molecule has 112 valence electrons. The summed E-state index contributed by atoms with van der Waals surface area (Å²) < 4.78 is 3.04. The predicted molar refractivity (Wildman–Crippen MR) is 85.7 cm³/mol. The predicted octanol–water partition coefficient (Wildman–Crippen LogP) is 1.95. The standard InChI is InChI=1S/C17H18N4O/c1-20-17(22)21-11-14(12-5-3-2-4-6-12)9-13(16(21)19-20)10-18-15-7-8-15/h2-6,9,11,15,18H,7-8,10H2,1H3. The van der Waals surface area contributed by atoms with Crippen molar-refractivity contribution in [2.75, 3.05) is 0 Å². The van der Waals surface area contributed by atoms with Crippen molar-refractivity contribution in [3.05, 3.63) is 58.6 Å². The Hall–Kier alpha value is -2.40. The summed E-state index contributed by atoms with van der Waals surface area (Å²) in [6, 6.07) is 12.9. The van der Waals surface area contributed by atoms with E-state index in [0.29, 0.717) is 6.04 Å². The van der Waals surface area contributed by atoms with Crippen LogP contribution < -0.4 is 11.0 Å². The number of nitrogens with one attached hydrogen (secondary N) is 1. The Labute approximate surface area is 128 Å². The summed E-state index contributed by atoms with van der Waals surface area (Å²) in [5.74, 6) is 0. The van der Waals surface area contributed by atoms with Gasteiger partial charge in [0.1, 0.15) is 0 Å². The molecular weight excluding hydrogens is 276 g/mol. The van der Waals surface area contributed by atoms with E-state index in [-0.39, 0.29) is 5.69 Å². The zero-order valence-corrected chi connectivity index (χ0v) is 12.5. The molecule has 0 radical (unpaired) electrons. The van der Waals surface area contributed by atoms with Crippen molar-refractivity contribution < 1.29 is 0 Å². The maximum atomic E-state index is 12.3. The number of benzene rings is 1. The number of aryl methyl sites for hydroxylation is 1. The van der Waals surface area contributed by atoms with Gasteiger partial charge in [0.15, 0.2) is 5.65 Å². The molecular formula is C17H18N4O. The number of nitrogens with zero attached hydrogens (tertiary/aromatic N) is 3. The number of hydrogen-bond acceptors (Lipinski definition) is 3. The number of aromatic nitrogens is 3. The minimum atomic E-state index is -0.111. The third-order valence-electron chi connectivity index (χ3n) is 4.11. The highest BCUT2D eigenvalue weighted by Crippen LogP contribution is 2.23. The molecule has 0 atom stereocenters. The van der Waals surface area contributed by atoms with Crippen molar-refractivity contribution in [1.29, 1.82) is 0 Å². The Morgan fingerprint density at radius 3 is 2.73 bits per heavy atom. The van der Waals surface area contributed by atoms with Crippen LogP contribution in [-0.4, -0.2) is 20.2 Å². The molecule has 2 heterocycles. The highest BCUT2D eigenvalue weighted by molar-refractivity contribution is 5.66. The lowest BCUT2D eigenvalue weighted by atomic mass is 10.1. The third-order valence-corrected chi connectivity index (χ3v) is 4.11. The Bertz CT molecular complexity index is 875. The van der Waals surface area contributed by atoms with Crippen LogP contribution in [0.5, 0.6) is 0 Å². The minimum Gasteiger partial charge on any atom is -0.310 e. The van der Waals surface area contributed by atoms with Gasteiger partial charge >= 0.3 is 5.69 Å². The van der Waals surface area contributed by atoms with Gasteiger partial charge in [-0.2, -0.15) is 0 Å². The van der Waals surface area contributed by atoms with Gasteiger partial charge < -0.3 is 5.32 Å². The van der Waals surface area contributed by atoms with E-state index in [1.165, 1.54) is 17.5 Å². The van der Waals surface area contributed by atoms with E-state index < -0.39 is 0 Å². The second-order valence-electron chi connectivity index (χ2n) is 5.88. The molecule has 1 aliphatic carbocycles. The fourth-order valence-corrected chi connectivity index (χ4v) is 2.70. The smallest absolute Gasteiger partial charge is 0.310 e. The van der Waals surface area contributed by atoms with Gasteiger partial charge in [0.25, 0.3) is 0 Å². The quantitative estimate of drug-likeness (QED) is 0.800. The molecule has 3 aromatic rings. The van der Waals surface area contributed by atoms with Crippen LogP contribution in [-0.2, 0) is 13.6 Å². The molecule has 0 bridgehead atoms. The minimum absolute atomic E-state index is 0.111. The highest BCUT2D eigenvalue weighted by atomic mass is 16.2. The lowest BCUT2D eigenvalue weighted by molar-refractivity contribution is 0.687. The molecule has 1 N–H and O–H groups in total. The number of fused-ring (bicyclic) bond motifs is 1. The fraction of sp³-hybridized carbons (Fsp3) is 0.294. The van der Waals surface area contributed by atoms with Crippen molar-refractivity contribution in [2.24, 2.45) is 7.05 Å². The first kappa shape index (κ1) is 13.3. The average molecular weight is 294 g/mol. The van der Waals surface area contributed by atoms with E-state index in [4.69, 9.17) is 0 Å². The van der Waals surface area contributed by atoms with Gasteiger partial charge in [0, 0.05) is 31.4 Å². The monoisotopic (exact) mass is 294 g/mol. The van der Waals surface area contributed by atoms with Gasteiger partial charge in [-0.15, -0.1) is 5.10 Å². The zero-order chi connectivity index (χ0) is 15.1. The molecule has 4 rings (SSSR count). The second kappa shape index (κ2) is 5.10. The lowest BCUT2D eigenvalue weighted by Gasteiger charge is -2.08. The van der Waals surface area contributed by atoms with Crippen LogP contribution in [0.15, 0.2) is 47.4 Å². The summed E-state index contributed by atoms with van der Waals surface area (Å²) in [5, 5.41) is 7.88. The van der Waals surface area contributed by atoms with Crippen molar-refractivity contribution in [3.63, 3.8) is 0 Å². The largest absolute Gasteiger partial charge is 0.350 e. The second-order valence-corrected chi connectivity index (χ2v) is 5.88. The molecule has 1 saturated carbocycles. The summed E-state index contributed by atoms with van der Waals surface area (Å²) in [7, 11) is 1.69. The Morgan fingerprint density at radius 1 is 1.23 bits per heavy atom. The van der Waals surface area contributed by atoms with Crippen molar-refractivity contribution in [3.8, 4) is 11.1 Å². The molecule has 0 spiro atoms. The van der Waals surface area contributed by atoms with Crippen LogP contribution in [0.25, 0.3) is 16.8 Å². The first-order valence-electron chi connectivity index (χ1n) is 7.59. The normalized spacial score (nSPS) is 14.6. The summed E-state index contributed by atoms with van der Waals surface area (Å²) in [4.78, 5) is 12.3. The highest BCUT2D eigenvalue weighted by Gasteiger charge is 2.21. The van der Waals surface area contributed by atoms with E-state index in [0.717, 1.165) is 28.9 Å². The lowest BCUT2D eigenvalue weighted by Crippen LogP contribution is -2.19. The summed E-state index contributed by atoms with van der Waals surface area (Å²) in [5.41, 5.74) is 3.83. The van der Waals surface area contributed by atoms with Gasteiger partial charge in [-0.1, -0.05) is 30.3 Å². The van der Waals surface area contributed by atoms with Crippen LogP contribution in [0.4, 0.5) is 0 Å². The molecule has 1 fully saturated rings. The summed E-state index contributed by atoms with van der Waals surface area (Å²) >= 11 is 0. The topological polar surface area (TPSA) is 51.3 Å². The van der Waals surface area contributed by atoms with Crippen LogP contribution in [0.3, 0.4) is 0 Å². The Kier molecular flexibility index (Phi) is 3.08. The molecule has 2 aromatic heterocycles. The first-order valence-corrected chi connectivity index (χ1v) is 7.59. The molecule has 0 saturated heterocycles. The van der Waals surface area contributed by atoms with E-state index in [1.54, 1.807) is 11.4 Å². The van der Waals surface area contributed by atoms with E-state index in [9.17, 15) is 4.79 Å². The summed E-state index contributed by atoms with van der Waals surface area (Å²) in [6.45, 7) is 0.741. The van der Waals surface area contributed by atoms with Gasteiger partial charge in [-0.3, -0.25) is 0 Å². The Morgan fingerprint density at radius 2 is 2.00 bits per heavy atom. The van der Waals surface area contributed by atoms with Crippen LogP contribution in [0.1, 0.15) is 18.4 Å². The Balaban J connectivity index is 1.86. The van der Waals surface area contributed by atoms with E-state index in [2.05, 4.69) is 28.6 Å². The molecule has 0 aliphatic heterocycles. The summed E-state index contributed by atoms with van der Waals surface area (Å²) in [6.07, 6.45) is 4.36. The van der Waals surface area contributed by atoms with Crippen LogP contribution in [0.2, 0.25) is 0 Å². The third kappa shape index (κ3) is 2.33. The number of pyridine rings is 1. The molecule has 0 amide bonds.